The van der Waals surface area contributed by atoms with Crippen LogP contribution in [-0.4, -0.2) is 11.2 Å². The Bertz CT molecular complexity index is 971. The van der Waals surface area contributed by atoms with E-state index in [4.69, 9.17) is 0 Å². The smallest absolute Gasteiger partial charge is 0.0786 e. The second-order valence-electron chi connectivity index (χ2n) is 11.2. The third-order valence-corrected chi connectivity index (χ3v) is 6.83. The minimum Gasteiger partial charge on any atom is -0.388 e. The summed E-state index contributed by atoms with van der Waals surface area (Å²) in [5.41, 5.74) is 8.21. The first-order valence-corrected chi connectivity index (χ1v) is 13.4. The Balaban J connectivity index is 0.00000648. The van der Waals surface area contributed by atoms with Crippen LogP contribution in [0.5, 0.6) is 0 Å². The molecular weight excluding hydrogens is 424 g/mol. The summed E-state index contributed by atoms with van der Waals surface area (Å²) in [4.78, 5) is 0. The third-order valence-electron chi connectivity index (χ3n) is 6.83. The summed E-state index contributed by atoms with van der Waals surface area (Å²) in [6, 6.07) is 6.90. The van der Waals surface area contributed by atoms with E-state index in [9.17, 15) is 5.11 Å². The van der Waals surface area contributed by atoms with Crippen molar-refractivity contribution in [3.05, 3.63) is 102 Å². The van der Waals surface area contributed by atoms with Crippen molar-refractivity contribution in [1.29, 1.82) is 0 Å². The molecule has 1 aliphatic rings. The Morgan fingerprint density at radius 1 is 1.06 bits per heavy atom. The maximum atomic E-state index is 10.7. The number of benzene rings is 1. The minimum atomic E-state index is -0.532. The van der Waals surface area contributed by atoms with Gasteiger partial charge in [-0.05, 0) is 84.1 Å². The molecular formula is C34H50O. The highest BCUT2D eigenvalue weighted by atomic mass is 16.3. The van der Waals surface area contributed by atoms with Crippen LogP contribution >= 0.6 is 0 Å². The molecule has 0 aliphatic heterocycles. The fourth-order valence-electron chi connectivity index (χ4n) is 4.66. The molecule has 0 radical (unpaired) electrons. The first-order chi connectivity index (χ1) is 16.5. The van der Waals surface area contributed by atoms with E-state index in [-0.39, 0.29) is 7.34 Å². The molecule has 1 aliphatic carbocycles. The van der Waals surface area contributed by atoms with Gasteiger partial charge in [0.25, 0.3) is 0 Å². The first-order valence-electron chi connectivity index (χ1n) is 13.4. The van der Waals surface area contributed by atoms with Crippen LogP contribution in [0, 0.1) is 11.8 Å². The van der Waals surface area contributed by atoms with Gasteiger partial charge in [0, 0.05) is 7.34 Å². The number of allylic oxidation sites excluding steroid dienone is 5. The third kappa shape index (κ3) is 9.30. The maximum absolute atomic E-state index is 10.7. The number of hydrogen-bond donors (Lipinski definition) is 1. The lowest BCUT2D eigenvalue weighted by Gasteiger charge is -2.22. The van der Waals surface area contributed by atoms with Gasteiger partial charge in [-0.1, -0.05) is 115 Å². The maximum Gasteiger partial charge on any atom is 0.0786 e. The number of hydrogen-bond acceptors (Lipinski definition) is 1. The van der Waals surface area contributed by atoms with Crippen molar-refractivity contribution in [2.24, 2.45) is 11.8 Å². The van der Waals surface area contributed by atoms with Gasteiger partial charge in [0.15, 0.2) is 0 Å². The molecule has 0 heterocycles. The zero-order valence-electron chi connectivity index (χ0n) is 22.9. The average Bonchev–Trinajstić information content (AvgIpc) is 3.64. The molecule has 1 saturated carbocycles. The van der Waals surface area contributed by atoms with E-state index in [0.717, 1.165) is 36.0 Å². The van der Waals surface area contributed by atoms with E-state index >= 15 is 0 Å². The van der Waals surface area contributed by atoms with Gasteiger partial charge in [-0.15, -0.1) is 0 Å². The molecule has 2 unspecified atom stereocenters. The van der Waals surface area contributed by atoms with E-state index < -0.39 is 6.10 Å². The second kappa shape index (κ2) is 13.6. The largest absolute Gasteiger partial charge is 0.388 e. The number of rotatable bonds is 15. The van der Waals surface area contributed by atoms with Crippen molar-refractivity contribution < 1.29 is 6.53 Å². The van der Waals surface area contributed by atoms with Crippen LogP contribution in [0.3, 0.4) is 0 Å². The van der Waals surface area contributed by atoms with E-state index in [1.54, 1.807) is 0 Å². The second-order valence-corrected chi connectivity index (χ2v) is 11.2. The van der Waals surface area contributed by atoms with Gasteiger partial charge in [-0.25, -0.2) is 0 Å². The molecule has 2 rings (SSSR count). The molecule has 192 valence electrons. The van der Waals surface area contributed by atoms with Crippen molar-refractivity contribution >= 4 is 6.08 Å². The molecule has 0 spiro atoms. The molecule has 0 aromatic heterocycles. The van der Waals surface area contributed by atoms with Crippen molar-refractivity contribution in [2.75, 3.05) is 0 Å². The molecule has 0 amide bonds. The zero-order valence-corrected chi connectivity index (χ0v) is 22.9. The molecule has 1 aromatic carbocycles. The molecule has 35 heavy (non-hydrogen) atoms. The van der Waals surface area contributed by atoms with E-state index in [2.05, 4.69) is 97.4 Å². The highest BCUT2D eigenvalue weighted by Gasteiger charge is 2.26. The Labute approximate surface area is 217 Å². The normalized spacial score (nSPS) is 16.1. The lowest BCUT2D eigenvalue weighted by molar-refractivity contribution is 0.187. The molecule has 0 saturated heterocycles. The van der Waals surface area contributed by atoms with E-state index in [0.29, 0.717) is 24.2 Å². The van der Waals surface area contributed by atoms with E-state index in [1.807, 2.05) is 6.08 Å². The summed E-state index contributed by atoms with van der Waals surface area (Å²) in [5, 5.41) is 10.7. The molecule has 0 bridgehead atoms. The van der Waals surface area contributed by atoms with Gasteiger partial charge in [0.1, 0.15) is 0 Å². The standard InChI is InChI=1S/C34H48O.H2/c1-10-26(8)33(31-16-17-32(30-14-15-30)29(11-2)22-31)21-28(13-12-25(7)18-23(3)4)20-27(9)34(35)19-24(5)6;/h11-13,16-17,20,22-24,30,33-35H,2,7-10,14-15,18-19,21H2,1,3-6H3;1H/b13-12+,28-20+;. The monoisotopic (exact) mass is 474 g/mol. The van der Waals surface area contributed by atoms with Crippen LogP contribution in [0.15, 0.2) is 85.0 Å². The number of aliphatic hydroxyl groups is 1. The molecule has 1 aromatic rings. The lowest BCUT2D eigenvalue weighted by Crippen LogP contribution is -2.12. The fourth-order valence-corrected chi connectivity index (χ4v) is 4.66. The van der Waals surface area contributed by atoms with Crippen molar-refractivity contribution in [1.82, 2.24) is 0 Å². The summed E-state index contributed by atoms with van der Waals surface area (Å²) in [5.74, 6) is 1.87. The first kappa shape index (κ1) is 28.9. The SMILES string of the molecule is C=Cc1cc(C(CC(=C/C(=C)C(O)CC(C)C)/C=C/C(=C)CC(C)C)C(=C)CC)ccc1C1CC1.[HH]. The number of aliphatic hydroxyl groups excluding tert-OH is 1. The zero-order chi connectivity index (χ0) is 26.1. The molecule has 1 fully saturated rings. The fraction of sp³-hybridized carbons (Fsp3) is 0.471. The highest BCUT2D eigenvalue weighted by molar-refractivity contribution is 5.56. The average molecular weight is 475 g/mol. The summed E-state index contributed by atoms with van der Waals surface area (Å²) in [7, 11) is 0. The Kier molecular flexibility index (Phi) is 11.2. The van der Waals surface area contributed by atoms with Gasteiger partial charge >= 0.3 is 0 Å². The molecule has 1 heteroatoms. The topological polar surface area (TPSA) is 20.2 Å². The van der Waals surface area contributed by atoms with Crippen LogP contribution in [-0.2, 0) is 0 Å². The molecule has 2 atom stereocenters. The van der Waals surface area contributed by atoms with Gasteiger partial charge in [0.2, 0.25) is 0 Å². The van der Waals surface area contributed by atoms with Crippen LogP contribution in [0.4, 0.5) is 0 Å². The minimum absolute atomic E-state index is 0. The molecule has 1 nitrogen and oxygen atoms in total. The van der Waals surface area contributed by atoms with Crippen molar-refractivity contribution in [2.45, 2.75) is 91.1 Å². The Morgan fingerprint density at radius 3 is 2.29 bits per heavy atom. The summed E-state index contributed by atoms with van der Waals surface area (Å²) in [6.07, 6.45) is 13.8. The quantitative estimate of drug-likeness (QED) is 0.198. The van der Waals surface area contributed by atoms with E-state index in [1.165, 1.54) is 35.1 Å². The lowest BCUT2D eigenvalue weighted by atomic mass is 9.82. The van der Waals surface area contributed by atoms with Gasteiger partial charge in [-0.3, -0.25) is 0 Å². The predicted molar refractivity (Wildman–Crippen MR) is 158 cm³/mol. The Hall–Kier alpha value is -2.38. The van der Waals surface area contributed by atoms with Gasteiger partial charge in [-0.2, -0.15) is 0 Å². The van der Waals surface area contributed by atoms with Gasteiger partial charge in [0.05, 0.1) is 6.10 Å². The van der Waals surface area contributed by atoms with Crippen LogP contribution in [0.25, 0.3) is 6.08 Å². The summed E-state index contributed by atoms with van der Waals surface area (Å²) >= 11 is 0. The van der Waals surface area contributed by atoms with Crippen LogP contribution in [0.2, 0.25) is 0 Å². The summed E-state index contributed by atoms with van der Waals surface area (Å²) < 4.78 is 0. The molecule has 1 N–H and O–H groups in total. The predicted octanol–water partition coefficient (Wildman–Crippen LogP) is 9.94. The summed E-state index contributed by atoms with van der Waals surface area (Å²) in [6.45, 7) is 27.9. The Morgan fingerprint density at radius 2 is 1.74 bits per heavy atom. The van der Waals surface area contributed by atoms with Crippen LogP contribution in [0.1, 0.15) is 103 Å². The van der Waals surface area contributed by atoms with Crippen molar-refractivity contribution in [3.8, 4) is 0 Å². The van der Waals surface area contributed by atoms with Crippen molar-refractivity contribution in [3.63, 3.8) is 0 Å². The van der Waals surface area contributed by atoms with Gasteiger partial charge < -0.3 is 5.11 Å². The van der Waals surface area contributed by atoms with Crippen LogP contribution < -0.4 is 0 Å². The highest BCUT2D eigenvalue weighted by Crippen LogP contribution is 2.43.